The van der Waals surface area contributed by atoms with Crippen molar-refractivity contribution in [3.05, 3.63) is 23.9 Å². The maximum absolute atomic E-state index is 12.9. The number of anilines is 1. The Bertz CT molecular complexity index is 650. The lowest BCUT2D eigenvalue weighted by Gasteiger charge is -2.33. The van der Waals surface area contributed by atoms with Gasteiger partial charge in [-0.25, -0.2) is 9.78 Å². The second-order valence-corrected chi connectivity index (χ2v) is 7.59. The molecule has 2 aliphatic heterocycles. The van der Waals surface area contributed by atoms with Crippen molar-refractivity contribution < 1.29 is 14.3 Å². The van der Waals surface area contributed by atoms with E-state index in [9.17, 15) is 9.59 Å². The number of hydrogen-bond acceptors (Lipinski definition) is 5. The maximum atomic E-state index is 12.9. The summed E-state index contributed by atoms with van der Waals surface area (Å²) < 4.78 is 5.27. The molecule has 3 rings (SSSR count). The van der Waals surface area contributed by atoms with Crippen molar-refractivity contribution in [2.45, 2.75) is 58.1 Å². The van der Waals surface area contributed by atoms with Crippen LogP contribution in [-0.2, 0) is 4.74 Å². The van der Waals surface area contributed by atoms with Crippen LogP contribution in [0.25, 0.3) is 0 Å². The van der Waals surface area contributed by atoms with Crippen molar-refractivity contribution in [1.29, 1.82) is 0 Å². The fraction of sp³-hybridized carbons (Fsp3) is 0.650. The number of amides is 2. The summed E-state index contributed by atoms with van der Waals surface area (Å²) in [6.45, 7) is 6.65. The Kier molecular flexibility index (Phi) is 6.53. The number of rotatable bonds is 4. The normalized spacial score (nSPS) is 18.5. The van der Waals surface area contributed by atoms with Crippen molar-refractivity contribution in [3.63, 3.8) is 0 Å². The van der Waals surface area contributed by atoms with E-state index in [0.29, 0.717) is 24.5 Å². The van der Waals surface area contributed by atoms with Gasteiger partial charge >= 0.3 is 6.09 Å². The highest BCUT2D eigenvalue weighted by Gasteiger charge is 2.26. The molecule has 2 aliphatic rings. The highest BCUT2D eigenvalue weighted by atomic mass is 16.6. The summed E-state index contributed by atoms with van der Waals surface area (Å²) in [6.07, 6.45) is 6.30. The standard InChI is InChI=1S/C20H30N4O3/c1-15(2)27-20(26)24-13-8-16(9-14-24)22-18-17(7-6-10-21-18)19(25)23-11-4-3-5-12-23/h6-7,10,15-16H,3-5,8-9,11-14H2,1-2H3,(H,21,22). The predicted octanol–water partition coefficient (Wildman–Crippen LogP) is 3.13. The average Bonchev–Trinajstić information content (AvgIpc) is 2.68. The molecular weight excluding hydrogens is 344 g/mol. The van der Waals surface area contributed by atoms with E-state index in [2.05, 4.69) is 10.3 Å². The van der Waals surface area contributed by atoms with E-state index in [1.165, 1.54) is 6.42 Å². The van der Waals surface area contributed by atoms with E-state index in [4.69, 9.17) is 4.74 Å². The first-order valence-electron chi connectivity index (χ1n) is 10.0. The molecule has 27 heavy (non-hydrogen) atoms. The van der Waals surface area contributed by atoms with Gasteiger partial charge in [0.25, 0.3) is 5.91 Å². The van der Waals surface area contributed by atoms with Gasteiger partial charge in [-0.1, -0.05) is 0 Å². The number of aromatic nitrogens is 1. The lowest BCUT2D eigenvalue weighted by Crippen LogP contribution is -2.43. The van der Waals surface area contributed by atoms with Crippen LogP contribution in [0.15, 0.2) is 18.3 Å². The average molecular weight is 374 g/mol. The number of carbonyl (C=O) groups excluding carboxylic acids is 2. The molecule has 7 nitrogen and oxygen atoms in total. The van der Waals surface area contributed by atoms with Crippen LogP contribution in [-0.4, -0.2) is 65.1 Å². The van der Waals surface area contributed by atoms with E-state index in [1.807, 2.05) is 30.9 Å². The zero-order valence-corrected chi connectivity index (χ0v) is 16.3. The molecule has 1 aromatic heterocycles. The van der Waals surface area contributed by atoms with Gasteiger partial charge in [0.15, 0.2) is 0 Å². The number of carbonyl (C=O) groups is 2. The first-order valence-corrected chi connectivity index (χ1v) is 10.0. The number of nitrogens with one attached hydrogen (secondary N) is 1. The lowest BCUT2D eigenvalue weighted by molar-refractivity contribution is 0.0701. The number of hydrogen-bond donors (Lipinski definition) is 1. The van der Waals surface area contributed by atoms with E-state index >= 15 is 0 Å². The Hall–Kier alpha value is -2.31. The molecule has 0 atom stereocenters. The van der Waals surface area contributed by atoms with Gasteiger partial charge < -0.3 is 19.9 Å². The summed E-state index contributed by atoms with van der Waals surface area (Å²) in [7, 11) is 0. The van der Waals surface area contributed by atoms with Gasteiger partial charge in [0.05, 0.1) is 11.7 Å². The Labute approximate surface area is 161 Å². The van der Waals surface area contributed by atoms with Crippen molar-refractivity contribution >= 4 is 17.8 Å². The van der Waals surface area contributed by atoms with Crippen LogP contribution in [0.1, 0.15) is 56.3 Å². The number of piperidine rings is 2. The first kappa shape index (κ1) is 19.5. The number of ether oxygens (including phenoxy) is 1. The summed E-state index contributed by atoms with van der Waals surface area (Å²) in [5, 5.41) is 3.43. The van der Waals surface area contributed by atoms with Gasteiger partial charge in [-0.05, 0) is 58.1 Å². The molecule has 0 bridgehead atoms. The van der Waals surface area contributed by atoms with E-state index in [-0.39, 0.29) is 24.1 Å². The Morgan fingerprint density at radius 1 is 1.11 bits per heavy atom. The third-order valence-corrected chi connectivity index (χ3v) is 5.11. The molecule has 0 aliphatic carbocycles. The van der Waals surface area contributed by atoms with Gasteiger partial charge in [-0.3, -0.25) is 4.79 Å². The molecule has 2 saturated heterocycles. The van der Waals surface area contributed by atoms with Crippen molar-refractivity contribution in [1.82, 2.24) is 14.8 Å². The van der Waals surface area contributed by atoms with Crippen LogP contribution in [0.5, 0.6) is 0 Å². The van der Waals surface area contributed by atoms with E-state index in [1.54, 1.807) is 11.1 Å². The van der Waals surface area contributed by atoms with Crippen LogP contribution >= 0.6 is 0 Å². The Morgan fingerprint density at radius 2 is 1.81 bits per heavy atom. The highest BCUT2D eigenvalue weighted by Crippen LogP contribution is 2.21. The van der Waals surface area contributed by atoms with Gasteiger partial charge in [0.2, 0.25) is 0 Å². The summed E-state index contributed by atoms with van der Waals surface area (Å²) in [6, 6.07) is 3.85. The second-order valence-electron chi connectivity index (χ2n) is 7.59. The minimum absolute atomic E-state index is 0.0586. The van der Waals surface area contributed by atoms with Crippen LogP contribution in [0.4, 0.5) is 10.6 Å². The molecular formula is C20H30N4O3. The third-order valence-electron chi connectivity index (χ3n) is 5.11. The highest BCUT2D eigenvalue weighted by molar-refractivity contribution is 5.98. The van der Waals surface area contributed by atoms with Crippen LogP contribution in [0.2, 0.25) is 0 Å². The molecule has 148 valence electrons. The Morgan fingerprint density at radius 3 is 2.48 bits per heavy atom. The van der Waals surface area contributed by atoms with Crippen LogP contribution < -0.4 is 5.32 Å². The molecule has 0 spiro atoms. The molecule has 7 heteroatoms. The largest absolute Gasteiger partial charge is 0.447 e. The van der Waals surface area contributed by atoms with E-state index in [0.717, 1.165) is 38.8 Å². The van der Waals surface area contributed by atoms with Gasteiger partial charge in [0.1, 0.15) is 5.82 Å². The molecule has 2 amide bonds. The van der Waals surface area contributed by atoms with Crippen molar-refractivity contribution in [2.24, 2.45) is 0 Å². The maximum Gasteiger partial charge on any atom is 0.410 e. The number of likely N-dealkylation sites (tertiary alicyclic amines) is 2. The molecule has 0 aromatic carbocycles. The third kappa shape index (κ3) is 5.11. The SMILES string of the molecule is CC(C)OC(=O)N1CCC(Nc2ncccc2C(=O)N2CCCCC2)CC1. The van der Waals surface area contributed by atoms with Crippen molar-refractivity contribution in [3.8, 4) is 0 Å². The minimum atomic E-state index is -0.248. The van der Waals surface area contributed by atoms with E-state index < -0.39 is 0 Å². The number of pyridine rings is 1. The quantitative estimate of drug-likeness (QED) is 0.876. The summed E-state index contributed by atoms with van der Waals surface area (Å²) >= 11 is 0. The first-order chi connectivity index (χ1) is 13.0. The fourth-order valence-corrected chi connectivity index (χ4v) is 3.64. The van der Waals surface area contributed by atoms with Gasteiger partial charge in [-0.2, -0.15) is 0 Å². The molecule has 0 unspecified atom stereocenters. The minimum Gasteiger partial charge on any atom is -0.447 e. The lowest BCUT2D eigenvalue weighted by atomic mass is 10.0. The Balaban J connectivity index is 1.59. The molecule has 1 aromatic rings. The summed E-state index contributed by atoms with van der Waals surface area (Å²) in [5.74, 6) is 0.708. The molecule has 0 saturated carbocycles. The molecule has 3 heterocycles. The smallest absolute Gasteiger partial charge is 0.410 e. The summed E-state index contributed by atoms with van der Waals surface area (Å²) in [5.41, 5.74) is 0.640. The van der Waals surface area contributed by atoms with Crippen molar-refractivity contribution in [2.75, 3.05) is 31.5 Å². The zero-order chi connectivity index (χ0) is 19.2. The number of nitrogens with zero attached hydrogens (tertiary/aromatic N) is 3. The van der Waals surface area contributed by atoms with Gasteiger partial charge in [0, 0.05) is 38.4 Å². The predicted molar refractivity (Wildman–Crippen MR) is 104 cm³/mol. The summed E-state index contributed by atoms with van der Waals surface area (Å²) in [4.78, 5) is 33.0. The zero-order valence-electron chi connectivity index (χ0n) is 16.3. The second kappa shape index (κ2) is 9.06. The van der Waals surface area contributed by atoms with Gasteiger partial charge in [-0.15, -0.1) is 0 Å². The molecule has 1 N–H and O–H groups in total. The fourth-order valence-electron chi connectivity index (χ4n) is 3.64. The molecule has 0 radical (unpaired) electrons. The monoisotopic (exact) mass is 374 g/mol. The topological polar surface area (TPSA) is 74.8 Å². The van der Waals surface area contributed by atoms with Crippen LogP contribution in [0.3, 0.4) is 0 Å². The van der Waals surface area contributed by atoms with Crippen LogP contribution in [0, 0.1) is 0 Å². The molecule has 2 fully saturated rings.